The van der Waals surface area contributed by atoms with Crippen LogP contribution in [0.25, 0.3) is 21.7 Å². The van der Waals surface area contributed by atoms with Crippen molar-refractivity contribution in [2.75, 3.05) is 24.5 Å². The first-order chi connectivity index (χ1) is 14.1. The van der Waals surface area contributed by atoms with Crippen molar-refractivity contribution in [2.45, 2.75) is 39.3 Å². The molecule has 30 heavy (non-hydrogen) atoms. The van der Waals surface area contributed by atoms with Crippen molar-refractivity contribution in [1.82, 2.24) is 14.9 Å². The maximum absolute atomic E-state index is 14.4. The number of halogens is 2. The van der Waals surface area contributed by atoms with Crippen LogP contribution in [0.4, 0.5) is 19.6 Å². The first-order valence-electron chi connectivity index (χ1n) is 9.57. The van der Waals surface area contributed by atoms with Gasteiger partial charge in [-0.05, 0) is 33.8 Å². The Kier molecular flexibility index (Phi) is 5.13. The summed E-state index contributed by atoms with van der Waals surface area (Å²) in [6.45, 7) is 8.57. The van der Waals surface area contributed by atoms with Crippen LogP contribution in [-0.2, 0) is 4.74 Å². The molecule has 0 aliphatic carbocycles. The van der Waals surface area contributed by atoms with E-state index in [-0.39, 0.29) is 29.2 Å². The van der Waals surface area contributed by atoms with Gasteiger partial charge in [-0.1, -0.05) is 0 Å². The fourth-order valence-corrected chi connectivity index (χ4v) is 4.03. The molecule has 1 aromatic carbocycles. The van der Waals surface area contributed by atoms with Crippen molar-refractivity contribution in [3.8, 4) is 10.6 Å². The summed E-state index contributed by atoms with van der Waals surface area (Å²) in [7, 11) is 0. The molecule has 3 heterocycles. The summed E-state index contributed by atoms with van der Waals surface area (Å²) < 4.78 is 39.9. The first kappa shape index (κ1) is 20.5. The quantitative estimate of drug-likeness (QED) is 0.581. The molecule has 0 spiro atoms. The van der Waals surface area contributed by atoms with Crippen molar-refractivity contribution in [3.63, 3.8) is 0 Å². The molecular weight excluding hydrogens is 414 g/mol. The molecule has 1 aliphatic rings. The highest BCUT2D eigenvalue weighted by Gasteiger charge is 2.33. The second-order valence-electron chi connectivity index (χ2n) is 8.20. The first-order valence-corrected chi connectivity index (χ1v) is 10.4. The molecule has 1 amide bonds. The van der Waals surface area contributed by atoms with E-state index in [9.17, 15) is 13.6 Å². The number of rotatable bonds is 2. The molecule has 1 saturated heterocycles. The predicted octanol–water partition coefficient (Wildman–Crippen LogP) is 4.68. The Morgan fingerprint density at radius 3 is 2.73 bits per heavy atom. The predicted molar refractivity (Wildman–Crippen MR) is 110 cm³/mol. The summed E-state index contributed by atoms with van der Waals surface area (Å²) in [6, 6.07) is 1.11. The van der Waals surface area contributed by atoms with Crippen LogP contribution in [0.15, 0.2) is 22.1 Å². The largest absolute Gasteiger partial charge is 0.444 e. The number of oxazole rings is 1. The molecule has 2 aromatic heterocycles. The van der Waals surface area contributed by atoms with Gasteiger partial charge in [0.15, 0.2) is 22.7 Å². The fraction of sp³-hybridized carbons (Fsp3) is 0.450. The number of benzene rings is 1. The molecule has 10 heteroatoms. The summed E-state index contributed by atoms with van der Waals surface area (Å²) in [5.41, 5.74) is -0.235. The van der Waals surface area contributed by atoms with Gasteiger partial charge in [0.05, 0.1) is 5.56 Å². The van der Waals surface area contributed by atoms with Gasteiger partial charge >= 0.3 is 6.09 Å². The van der Waals surface area contributed by atoms with E-state index < -0.39 is 17.2 Å². The van der Waals surface area contributed by atoms with Crippen LogP contribution in [0.2, 0.25) is 0 Å². The zero-order valence-electron chi connectivity index (χ0n) is 17.1. The maximum Gasteiger partial charge on any atom is 0.410 e. The monoisotopic (exact) mass is 436 g/mol. The van der Waals surface area contributed by atoms with Crippen LogP contribution < -0.4 is 4.90 Å². The summed E-state index contributed by atoms with van der Waals surface area (Å²) in [5, 5.41) is 2.27. The summed E-state index contributed by atoms with van der Waals surface area (Å²) in [6.07, 6.45) is 1.20. The molecule has 3 aromatic rings. The zero-order chi connectivity index (χ0) is 21.6. The summed E-state index contributed by atoms with van der Waals surface area (Å²) in [5.74, 6) is -2.06. The van der Waals surface area contributed by atoms with Gasteiger partial charge in [-0.15, -0.1) is 11.3 Å². The lowest BCUT2D eigenvalue weighted by molar-refractivity contribution is 0.0216. The maximum atomic E-state index is 14.4. The smallest absolute Gasteiger partial charge is 0.410 e. The highest BCUT2D eigenvalue weighted by Crippen LogP contribution is 2.36. The van der Waals surface area contributed by atoms with E-state index in [4.69, 9.17) is 9.15 Å². The molecule has 4 rings (SSSR count). The number of carbonyl (C=O) groups excluding carboxylic acids is 1. The van der Waals surface area contributed by atoms with Crippen molar-refractivity contribution >= 4 is 34.5 Å². The SMILES string of the molecule is CC1CN(C(=O)OC(C)(C)C)CCN1c1nc2c(F)c(F)cc(-c3nccs3)c2o1. The molecule has 1 aliphatic heterocycles. The number of fused-ring (bicyclic) bond motifs is 1. The highest BCUT2D eigenvalue weighted by atomic mass is 32.1. The highest BCUT2D eigenvalue weighted by molar-refractivity contribution is 7.13. The average molecular weight is 436 g/mol. The zero-order valence-corrected chi connectivity index (χ0v) is 17.9. The third-order valence-electron chi connectivity index (χ3n) is 4.74. The molecule has 1 fully saturated rings. The van der Waals surface area contributed by atoms with E-state index in [1.165, 1.54) is 11.3 Å². The van der Waals surface area contributed by atoms with E-state index in [0.29, 0.717) is 30.2 Å². The summed E-state index contributed by atoms with van der Waals surface area (Å²) in [4.78, 5) is 24.2. The lowest BCUT2D eigenvalue weighted by Gasteiger charge is -2.39. The van der Waals surface area contributed by atoms with Gasteiger partial charge in [0.25, 0.3) is 6.01 Å². The van der Waals surface area contributed by atoms with Gasteiger partial charge in [-0.25, -0.2) is 18.6 Å². The van der Waals surface area contributed by atoms with Crippen molar-refractivity contribution in [1.29, 1.82) is 0 Å². The van der Waals surface area contributed by atoms with Gasteiger partial charge in [-0.2, -0.15) is 4.98 Å². The van der Waals surface area contributed by atoms with Crippen LogP contribution >= 0.6 is 11.3 Å². The van der Waals surface area contributed by atoms with Crippen molar-refractivity contribution in [2.24, 2.45) is 0 Å². The molecule has 0 radical (unpaired) electrons. The van der Waals surface area contributed by atoms with Gasteiger partial charge in [-0.3, -0.25) is 0 Å². The Labute approximate surface area is 176 Å². The van der Waals surface area contributed by atoms with E-state index >= 15 is 0 Å². The lowest BCUT2D eigenvalue weighted by atomic mass is 10.2. The molecule has 1 unspecified atom stereocenters. The van der Waals surface area contributed by atoms with Crippen LogP contribution in [0, 0.1) is 11.6 Å². The fourth-order valence-electron chi connectivity index (χ4n) is 3.38. The molecule has 0 N–H and O–H groups in total. The molecular formula is C20H22F2N4O3S. The Morgan fingerprint density at radius 2 is 2.10 bits per heavy atom. The van der Waals surface area contributed by atoms with E-state index in [1.807, 2.05) is 32.6 Å². The van der Waals surface area contributed by atoms with E-state index in [2.05, 4.69) is 9.97 Å². The Morgan fingerprint density at radius 1 is 1.33 bits per heavy atom. The van der Waals surface area contributed by atoms with Gasteiger partial charge in [0.1, 0.15) is 10.6 Å². The number of carbonyl (C=O) groups is 1. The van der Waals surface area contributed by atoms with E-state index in [1.54, 1.807) is 16.5 Å². The molecule has 0 saturated carbocycles. The molecule has 0 bridgehead atoms. The van der Waals surface area contributed by atoms with Crippen molar-refractivity contribution < 1.29 is 22.7 Å². The third kappa shape index (κ3) is 3.83. The van der Waals surface area contributed by atoms with Crippen LogP contribution in [0.1, 0.15) is 27.7 Å². The number of nitrogens with zero attached hydrogens (tertiary/aromatic N) is 4. The van der Waals surface area contributed by atoms with Gasteiger partial charge < -0.3 is 19.0 Å². The van der Waals surface area contributed by atoms with Crippen LogP contribution in [0.3, 0.4) is 0 Å². The topological polar surface area (TPSA) is 71.7 Å². The average Bonchev–Trinajstić information content (AvgIpc) is 3.33. The molecule has 160 valence electrons. The van der Waals surface area contributed by atoms with Gasteiger partial charge in [0, 0.05) is 37.3 Å². The number of aromatic nitrogens is 2. The number of thiazole rings is 1. The van der Waals surface area contributed by atoms with Crippen molar-refractivity contribution in [3.05, 3.63) is 29.3 Å². The van der Waals surface area contributed by atoms with E-state index in [0.717, 1.165) is 6.07 Å². The number of amides is 1. The number of hydrogen-bond acceptors (Lipinski definition) is 7. The van der Waals surface area contributed by atoms with Crippen LogP contribution in [0.5, 0.6) is 0 Å². The Hall–Kier alpha value is -2.75. The molecule has 7 nitrogen and oxygen atoms in total. The Balaban J connectivity index is 1.62. The number of anilines is 1. The lowest BCUT2D eigenvalue weighted by Crippen LogP contribution is -2.54. The normalized spacial score (nSPS) is 17.6. The minimum atomic E-state index is -1.06. The standard InChI is InChI=1S/C20H22F2N4O3S/c1-11-10-25(19(27)29-20(2,3)4)6-7-26(11)18-24-15-14(22)13(21)9-12(16(15)28-18)17-23-5-8-30-17/h5,8-9,11H,6-7,10H2,1-4H3. The number of piperazine rings is 1. The second-order valence-corrected chi connectivity index (χ2v) is 9.09. The minimum absolute atomic E-state index is 0.153. The summed E-state index contributed by atoms with van der Waals surface area (Å²) >= 11 is 1.30. The second kappa shape index (κ2) is 7.50. The molecule has 1 atom stereocenters. The Bertz CT molecular complexity index is 1080. The number of hydrogen-bond donors (Lipinski definition) is 0. The third-order valence-corrected chi connectivity index (χ3v) is 5.54. The number of ether oxygens (including phenoxy) is 1. The minimum Gasteiger partial charge on any atom is -0.444 e. The van der Waals surface area contributed by atoms with Crippen LogP contribution in [-0.4, -0.2) is 52.2 Å². The van der Waals surface area contributed by atoms with Gasteiger partial charge in [0.2, 0.25) is 0 Å².